The Kier molecular flexibility index (Phi) is 5.38. The molecule has 25 heavy (non-hydrogen) atoms. The van der Waals surface area contributed by atoms with Gasteiger partial charge in [0.1, 0.15) is 12.4 Å². The SMILES string of the molecule is COc1ccccc1N1C[C@@H](C(=O)OCc2ccc(Br)cc2)CC1=O. The van der Waals surface area contributed by atoms with Crippen LogP contribution < -0.4 is 9.64 Å². The fourth-order valence-corrected chi connectivity index (χ4v) is 3.07. The van der Waals surface area contributed by atoms with E-state index in [9.17, 15) is 9.59 Å². The minimum Gasteiger partial charge on any atom is -0.495 e. The molecule has 5 nitrogen and oxygen atoms in total. The molecule has 1 amide bonds. The number of carbonyl (C=O) groups excluding carboxylic acids is 2. The molecule has 0 radical (unpaired) electrons. The van der Waals surface area contributed by atoms with Gasteiger partial charge in [-0.2, -0.15) is 0 Å². The molecule has 6 heteroatoms. The summed E-state index contributed by atoms with van der Waals surface area (Å²) >= 11 is 3.37. The van der Waals surface area contributed by atoms with Gasteiger partial charge in [0.25, 0.3) is 0 Å². The first kappa shape index (κ1) is 17.5. The van der Waals surface area contributed by atoms with E-state index in [0.717, 1.165) is 10.0 Å². The molecule has 0 spiro atoms. The number of carbonyl (C=O) groups is 2. The van der Waals surface area contributed by atoms with Crippen molar-refractivity contribution in [2.75, 3.05) is 18.6 Å². The van der Waals surface area contributed by atoms with Crippen LogP contribution in [-0.2, 0) is 20.9 Å². The molecule has 0 unspecified atom stereocenters. The first-order valence-electron chi connectivity index (χ1n) is 7.93. The normalized spacial score (nSPS) is 16.8. The maximum absolute atomic E-state index is 12.3. The molecule has 1 heterocycles. The molecule has 0 aromatic heterocycles. The van der Waals surface area contributed by atoms with Crippen LogP contribution in [0.3, 0.4) is 0 Å². The number of rotatable bonds is 5. The summed E-state index contributed by atoms with van der Waals surface area (Å²) < 4.78 is 11.6. The Bertz CT molecular complexity index is 775. The number of methoxy groups -OCH3 is 1. The zero-order valence-electron chi connectivity index (χ0n) is 13.8. The molecule has 130 valence electrons. The Morgan fingerprint density at radius 3 is 2.64 bits per heavy atom. The van der Waals surface area contributed by atoms with Crippen molar-refractivity contribution in [2.24, 2.45) is 5.92 Å². The van der Waals surface area contributed by atoms with Crippen molar-refractivity contribution >= 4 is 33.5 Å². The molecule has 1 saturated heterocycles. The molecular weight excluding hydrogens is 386 g/mol. The Morgan fingerprint density at radius 2 is 1.92 bits per heavy atom. The topological polar surface area (TPSA) is 55.8 Å². The van der Waals surface area contributed by atoms with E-state index >= 15 is 0 Å². The third kappa shape index (κ3) is 4.02. The van der Waals surface area contributed by atoms with Crippen LogP contribution in [0.1, 0.15) is 12.0 Å². The monoisotopic (exact) mass is 403 g/mol. The standard InChI is InChI=1S/C19H18BrNO4/c1-24-17-5-3-2-4-16(17)21-11-14(10-18(21)22)19(23)25-12-13-6-8-15(20)9-7-13/h2-9,14H,10-12H2,1H3/t14-/m0/s1. The van der Waals surface area contributed by atoms with E-state index in [-0.39, 0.29) is 24.9 Å². The van der Waals surface area contributed by atoms with Crippen LogP contribution >= 0.6 is 15.9 Å². The van der Waals surface area contributed by atoms with Crippen LogP contribution in [0.5, 0.6) is 5.75 Å². The molecule has 0 saturated carbocycles. The van der Waals surface area contributed by atoms with Gasteiger partial charge in [0.05, 0.1) is 18.7 Å². The zero-order valence-corrected chi connectivity index (χ0v) is 15.4. The van der Waals surface area contributed by atoms with Crippen LogP contribution in [0, 0.1) is 5.92 Å². The van der Waals surface area contributed by atoms with Crippen molar-refractivity contribution in [2.45, 2.75) is 13.0 Å². The fraction of sp³-hybridized carbons (Fsp3) is 0.263. The maximum atomic E-state index is 12.3. The van der Waals surface area contributed by atoms with Gasteiger partial charge in [-0.3, -0.25) is 9.59 Å². The molecule has 1 aliphatic rings. The Morgan fingerprint density at radius 1 is 1.20 bits per heavy atom. The molecule has 2 aromatic carbocycles. The average Bonchev–Trinajstić information content (AvgIpc) is 3.02. The number of halogens is 1. The highest BCUT2D eigenvalue weighted by Crippen LogP contribution is 2.33. The van der Waals surface area contributed by atoms with Gasteiger partial charge in [-0.1, -0.05) is 40.2 Å². The van der Waals surface area contributed by atoms with Crippen LogP contribution in [0.25, 0.3) is 0 Å². The van der Waals surface area contributed by atoms with Gasteiger partial charge in [-0.15, -0.1) is 0 Å². The largest absolute Gasteiger partial charge is 0.495 e. The molecule has 0 aliphatic carbocycles. The number of amides is 1. The van der Waals surface area contributed by atoms with Crippen molar-refractivity contribution in [3.05, 3.63) is 58.6 Å². The highest BCUT2D eigenvalue weighted by molar-refractivity contribution is 9.10. The third-order valence-corrected chi connectivity index (χ3v) is 4.66. The quantitative estimate of drug-likeness (QED) is 0.716. The molecule has 3 rings (SSSR count). The van der Waals surface area contributed by atoms with Crippen LogP contribution in [0.15, 0.2) is 53.0 Å². The van der Waals surface area contributed by atoms with E-state index in [4.69, 9.17) is 9.47 Å². The Balaban J connectivity index is 1.63. The van der Waals surface area contributed by atoms with E-state index < -0.39 is 5.92 Å². The summed E-state index contributed by atoms with van der Waals surface area (Å²) in [6, 6.07) is 14.8. The summed E-state index contributed by atoms with van der Waals surface area (Å²) in [7, 11) is 1.56. The smallest absolute Gasteiger partial charge is 0.311 e. The number of ether oxygens (including phenoxy) is 2. The van der Waals surface area contributed by atoms with Gasteiger partial charge in [0.15, 0.2) is 0 Å². The predicted molar refractivity (Wildman–Crippen MR) is 97.4 cm³/mol. The lowest BCUT2D eigenvalue weighted by Crippen LogP contribution is -2.26. The number of esters is 1. The number of para-hydroxylation sites is 2. The summed E-state index contributed by atoms with van der Waals surface area (Å²) in [5.41, 5.74) is 1.58. The molecule has 2 aromatic rings. The van der Waals surface area contributed by atoms with E-state index in [1.165, 1.54) is 0 Å². The molecule has 0 N–H and O–H groups in total. The minimum absolute atomic E-state index is 0.102. The van der Waals surface area contributed by atoms with Crippen LogP contribution in [-0.4, -0.2) is 25.5 Å². The average molecular weight is 404 g/mol. The lowest BCUT2D eigenvalue weighted by atomic mass is 10.1. The van der Waals surface area contributed by atoms with Crippen molar-refractivity contribution in [1.29, 1.82) is 0 Å². The summed E-state index contributed by atoms with van der Waals surface area (Å²) in [4.78, 5) is 26.2. The van der Waals surface area contributed by atoms with Gasteiger partial charge in [0, 0.05) is 17.4 Å². The number of benzene rings is 2. The predicted octanol–water partition coefficient (Wildman–Crippen LogP) is 3.55. The first-order valence-corrected chi connectivity index (χ1v) is 8.72. The second kappa shape index (κ2) is 7.70. The maximum Gasteiger partial charge on any atom is 0.311 e. The van der Waals surface area contributed by atoms with Gasteiger partial charge in [0.2, 0.25) is 5.91 Å². The lowest BCUT2D eigenvalue weighted by molar-refractivity contribution is -0.149. The Hall–Kier alpha value is -2.34. The number of hydrogen-bond donors (Lipinski definition) is 0. The minimum atomic E-state index is -0.465. The van der Waals surface area contributed by atoms with Crippen molar-refractivity contribution < 1.29 is 19.1 Å². The molecule has 1 atom stereocenters. The van der Waals surface area contributed by atoms with Gasteiger partial charge >= 0.3 is 5.97 Å². The van der Waals surface area contributed by atoms with Crippen molar-refractivity contribution in [1.82, 2.24) is 0 Å². The van der Waals surface area contributed by atoms with Crippen molar-refractivity contribution in [3.63, 3.8) is 0 Å². The molecule has 1 aliphatic heterocycles. The number of hydrogen-bond acceptors (Lipinski definition) is 4. The van der Waals surface area contributed by atoms with Gasteiger partial charge < -0.3 is 14.4 Å². The zero-order chi connectivity index (χ0) is 17.8. The lowest BCUT2D eigenvalue weighted by Gasteiger charge is -2.19. The summed E-state index contributed by atoms with van der Waals surface area (Å²) in [5.74, 6) is -0.309. The van der Waals surface area contributed by atoms with Crippen molar-refractivity contribution in [3.8, 4) is 5.75 Å². The van der Waals surface area contributed by atoms with E-state index in [1.54, 1.807) is 18.1 Å². The summed E-state index contributed by atoms with van der Waals surface area (Å²) in [5, 5.41) is 0. The number of nitrogens with zero attached hydrogens (tertiary/aromatic N) is 1. The summed E-state index contributed by atoms with van der Waals surface area (Å²) in [6.45, 7) is 0.504. The van der Waals surface area contributed by atoms with E-state index in [1.807, 2.05) is 42.5 Å². The fourth-order valence-electron chi connectivity index (χ4n) is 2.80. The summed E-state index contributed by atoms with van der Waals surface area (Å²) in [6.07, 6.45) is 0.150. The molecule has 0 bridgehead atoms. The second-order valence-corrected chi connectivity index (χ2v) is 6.73. The highest BCUT2D eigenvalue weighted by atomic mass is 79.9. The molecule has 1 fully saturated rings. The molecular formula is C19H18BrNO4. The Labute approximate surface area is 154 Å². The van der Waals surface area contributed by atoms with Crippen LogP contribution in [0.2, 0.25) is 0 Å². The number of anilines is 1. The third-order valence-electron chi connectivity index (χ3n) is 4.13. The van der Waals surface area contributed by atoms with Crippen LogP contribution in [0.4, 0.5) is 5.69 Å². The van der Waals surface area contributed by atoms with Gasteiger partial charge in [-0.25, -0.2) is 0 Å². The van der Waals surface area contributed by atoms with E-state index in [2.05, 4.69) is 15.9 Å². The first-order chi connectivity index (χ1) is 12.1. The second-order valence-electron chi connectivity index (χ2n) is 5.81. The van der Waals surface area contributed by atoms with E-state index in [0.29, 0.717) is 18.0 Å². The van der Waals surface area contributed by atoms with Gasteiger partial charge in [-0.05, 0) is 29.8 Å². The highest BCUT2D eigenvalue weighted by Gasteiger charge is 2.37.